The van der Waals surface area contributed by atoms with E-state index in [2.05, 4.69) is 5.32 Å². The third-order valence-corrected chi connectivity index (χ3v) is 3.29. The Kier molecular flexibility index (Phi) is 6.12. The Morgan fingerprint density at radius 2 is 1.84 bits per heavy atom. The SMILES string of the molecule is CCN(CC)C(=O)C(=O)NCc1ccc(Cl)cc1Cl. The Labute approximate surface area is 122 Å². The number of rotatable bonds is 4. The molecule has 1 aromatic rings. The molecule has 1 aromatic carbocycles. The van der Waals surface area contributed by atoms with E-state index in [1.807, 2.05) is 13.8 Å². The fourth-order valence-electron chi connectivity index (χ4n) is 1.57. The zero-order chi connectivity index (χ0) is 14.4. The highest BCUT2D eigenvalue weighted by atomic mass is 35.5. The van der Waals surface area contributed by atoms with Gasteiger partial charge in [-0.15, -0.1) is 0 Å². The minimum Gasteiger partial charge on any atom is -0.344 e. The lowest BCUT2D eigenvalue weighted by Crippen LogP contribution is -2.42. The second-order valence-corrected chi connectivity index (χ2v) is 4.74. The number of amides is 2. The number of likely N-dealkylation sites (N-methyl/N-ethyl adjacent to an activating group) is 1. The molecule has 0 saturated carbocycles. The van der Waals surface area contributed by atoms with Crippen LogP contribution in [-0.4, -0.2) is 29.8 Å². The van der Waals surface area contributed by atoms with Gasteiger partial charge in [0.05, 0.1) is 0 Å². The third-order valence-electron chi connectivity index (χ3n) is 2.70. The summed E-state index contributed by atoms with van der Waals surface area (Å²) in [7, 11) is 0. The van der Waals surface area contributed by atoms with Crippen molar-refractivity contribution in [2.75, 3.05) is 13.1 Å². The van der Waals surface area contributed by atoms with Crippen molar-refractivity contribution in [3.8, 4) is 0 Å². The fraction of sp³-hybridized carbons (Fsp3) is 0.385. The van der Waals surface area contributed by atoms with Crippen LogP contribution in [0.5, 0.6) is 0 Å². The van der Waals surface area contributed by atoms with Crippen LogP contribution in [0.3, 0.4) is 0 Å². The van der Waals surface area contributed by atoms with Crippen molar-refractivity contribution in [2.24, 2.45) is 0 Å². The number of halogens is 2. The van der Waals surface area contributed by atoms with Crippen molar-refractivity contribution >= 4 is 35.0 Å². The summed E-state index contributed by atoms with van der Waals surface area (Å²) in [4.78, 5) is 24.9. The molecule has 0 fully saturated rings. The molecule has 0 atom stereocenters. The molecule has 19 heavy (non-hydrogen) atoms. The molecule has 2 amide bonds. The number of benzene rings is 1. The molecule has 0 aromatic heterocycles. The van der Waals surface area contributed by atoms with Gasteiger partial charge in [-0.05, 0) is 31.5 Å². The molecule has 0 spiro atoms. The van der Waals surface area contributed by atoms with Gasteiger partial charge in [0, 0.05) is 29.7 Å². The van der Waals surface area contributed by atoms with Gasteiger partial charge in [-0.2, -0.15) is 0 Å². The highest BCUT2D eigenvalue weighted by Crippen LogP contribution is 2.20. The molecule has 0 aliphatic rings. The van der Waals surface area contributed by atoms with Crippen molar-refractivity contribution in [1.29, 1.82) is 0 Å². The molecule has 0 aliphatic heterocycles. The Balaban J connectivity index is 2.61. The topological polar surface area (TPSA) is 49.4 Å². The van der Waals surface area contributed by atoms with E-state index in [9.17, 15) is 9.59 Å². The molecule has 0 bridgehead atoms. The van der Waals surface area contributed by atoms with Crippen LogP contribution in [-0.2, 0) is 16.1 Å². The lowest BCUT2D eigenvalue weighted by atomic mass is 10.2. The van der Waals surface area contributed by atoms with Crippen molar-refractivity contribution < 1.29 is 9.59 Å². The van der Waals surface area contributed by atoms with Crippen LogP contribution in [0.4, 0.5) is 0 Å². The molecule has 1 N–H and O–H groups in total. The van der Waals surface area contributed by atoms with E-state index in [4.69, 9.17) is 23.2 Å². The standard InChI is InChI=1S/C13H16Cl2N2O2/c1-3-17(4-2)13(19)12(18)16-8-9-5-6-10(14)7-11(9)15/h5-7H,3-4,8H2,1-2H3,(H,16,18). The van der Waals surface area contributed by atoms with E-state index >= 15 is 0 Å². The minimum absolute atomic E-state index is 0.196. The van der Waals surface area contributed by atoms with Gasteiger partial charge in [-0.25, -0.2) is 0 Å². The fourth-order valence-corrected chi connectivity index (χ4v) is 2.05. The summed E-state index contributed by atoms with van der Waals surface area (Å²) in [5.41, 5.74) is 0.715. The van der Waals surface area contributed by atoms with Crippen LogP contribution < -0.4 is 5.32 Å². The van der Waals surface area contributed by atoms with Crippen molar-refractivity contribution in [3.63, 3.8) is 0 Å². The largest absolute Gasteiger partial charge is 0.344 e. The average molecular weight is 303 g/mol. The third kappa shape index (κ3) is 4.40. The predicted molar refractivity (Wildman–Crippen MR) is 76.2 cm³/mol. The summed E-state index contributed by atoms with van der Waals surface area (Å²) in [6, 6.07) is 4.99. The summed E-state index contributed by atoms with van der Waals surface area (Å²) < 4.78 is 0. The highest BCUT2D eigenvalue weighted by molar-refractivity contribution is 6.36. The van der Waals surface area contributed by atoms with Gasteiger partial charge in [0.25, 0.3) is 0 Å². The molecule has 4 nitrogen and oxygen atoms in total. The molecule has 0 aliphatic carbocycles. The van der Waals surface area contributed by atoms with E-state index in [1.165, 1.54) is 4.90 Å². The monoisotopic (exact) mass is 302 g/mol. The molecule has 0 radical (unpaired) electrons. The number of nitrogens with one attached hydrogen (secondary N) is 1. The van der Waals surface area contributed by atoms with Crippen LogP contribution in [0.1, 0.15) is 19.4 Å². The first-order valence-corrected chi connectivity index (χ1v) is 6.76. The zero-order valence-corrected chi connectivity index (χ0v) is 12.4. The molecular weight excluding hydrogens is 287 g/mol. The van der Waals surface area contributed by atoms with E-state index in [0.717, 1.165) is 0 Å². The van der Waals surface area contributed by atoms with Crippen LogP contribution >= 0.6 is 23.2 Å². The van der Waals surface area contributed by atoms with E-state index < -0.39 is 11.8 Å². The number of carbonyl (C=O) groups excluding carboxylic acids is 2. The zero-order valence-electron chi connectivity index (χ0n) is 10.9. The van der Waals surface area contributed by atoms with Crippen molar-refractivity contribution in [2.45, 2.75) is 20.4 Å². The van der Waals surface area contributed by atoms with Gasteiger partial charge in [0.2, 0.25) is 0 Å². The lowest BCUT2D eigenvalue weighted by molar-refractivity contribution is -0.145. The number of hydrogen-bond acceptors (Lipinski definition) is 2. The average Bonchev–Trinajstić information content (AvgIpc) is 2.38. The van der Waals surface area contributed by atoms with Gasteiger partial charge in [0.1, 0.15) is 0 Å². The Hall–Kier alpha value is -1.26. The lowest BCUT2D eigenvalue weighted by Gasteiger charge is -2.17. The molecular formula is C13H16Cl2N2O2. The highest BCUT2D eigenvalue weighted by Gasteiger charge is 2.18. The molecule has 0 unspecified atom stereocenters. The van der Waals surface area contributed by atoms with E-state index in [1.54, 1.807) is 18.2 Å². The minimum atomic E-state index is -0.630. The normalized spacial score (nSPS) is 10.1. The predicted octanol–water partition coefficient (Wildman–Crippen LogP) is 2.48. The van der Waals surface area contributed by atoms with Gasteiger partial charge in [-0.1, -0.05) is 29.3 Å². The van der Waals surface area contributed by atoms with Gasteiger partial charge >= 0.3 is 11.8 Å². The van der Waals surface area contributed by atoms with Crippen LogP contribution in [0.2, 0.25) is 10.0 Å². The number of hydrogen-bond donors (Lipinski definition) is 1. The van der Waals surface area contributed by atoms with Gasteiger partial charge in [-0.3, -0.25) is 9.59 Å². The molecule has 6 heteroatoms. The second kappa shape index (κ2) is 7.36. The summed E-state index contributed by atoms with van der Waals surface area (Å²) in [5.74, 6) is -1.16. The van der Waals surface area contributed by atoms with E-state index in [0.29, 0.717) is 28.7 Å². The van der Waals surface area contributed by atoms with Crippen LogP contribution in [0.25, 0.3) is 0 Å². The maximum atomic E-state index is 11.7. The Morgan fingerprint density at radius 3 is 2.37 bits per heavy atom. The molecule has 104 valence electrons. The number of carbonyl (C=O) groups is 2. The maximum absolute atomic E-state index is 11.7. The first-order valence-electron chi connectivity index (χ1n) is 6.00. The molecule has 0 heterocycles. The van der Waals surface area contributed by atoms with Gasteiger partial charge in [0.15, 0.2) is 0 Å². The summed E-state index contributed by atoms with van der Waals surface area (Å²) in [5, 5.41) is 3.54. The molecule has 0 saturated heterocycles. The van der Waals surface area contributed by atoms with Crippen molar-refractivity contribution in [1.82, 2.24) is 10.2 Å². The summed E-state index contributed by atoms with van der Waals surface area (Å²) in [6.07, 6.45) is 0. The number of nitrogens with zero attached hydrogens (tertiary/aromatic N) is 1. The Bertz CT molecular complexity index is 474. The van der Waals surface area contributed by atoms with Gasteiger partial charge < -0.3 is 10.2 Å². The quantitative estimate of drug-likeness (QED) is 0.869. The van der Waals surface area contributed by atoms with Crippen LogP contribution in [0, 0.1) is 0 Å². The maximum Gasteiger partial charge on any atom is 0.311 e. The second-order valence-electron chi connectivity index (χ2n) is 3.90. The van der Waals surface area contributed by atoms with Crippen LogP contribution in [0.15, 0.2) is 18.2 Å². The first kappa shape index (κ1) is 15.8. The molecule has 1 rings (SSSR count). The first-order chi connectivity index (χ1) is 8.99. The van der Waals surface area contributed by atoms with E-state index in [-0.39, 0.29) is 6.54 Å². The summed E-state index contributed by atoms with van der Waals surface area (Å²) in [6.45, 7) is 4.85. The van der Waals surface area contributed by atoms with Crippen molar-refractivity contribution in [3.05, 3.63) is 33.8 Å². The Morgan fingerprint density at radius 1 is 1.21 bits per heavy atom. The smallest absolute Gasteiger partial charge is 0.311 e. The summed E-state index contributed by atoms with van der Waals surface area (Å²) >= 11 is 11.8.